The lowest BCUT2D eigenvalue weighted by Gasteiger charge is -2.29. The van der Waals surface area contributed by atoms with Crippen molar-refractivity contribution in [3.05, 3.63) is 81.4 Å². The number of carbonyl (C=O) groups excluding carboxylic acids is 3. The monoisotopic (exact) mass is 590 g/mol. The van der Waals surface area contributed by atoms with Crippen LogP contribution in [0.4, 0.5) is 4.79 Å². The Morgan fingerprint density at radius 2 is 1.70 bits per heavy atom. The van der Waals surface area contributed by atoms with Gasteiger partial charge in [-0.3, -0.25) is 14.6 Å². The molecule has 0 radical (unpaired) electrons. The molecule has 0 unspecified atom stereocenters. The third-order valence-electron chi connectivity index (χ3n) is 5.98. The average molecular weight is 591 g/mol. The summed E-state index contributed by atoms with van der Waals surface area (Å²) < 4.78 is 30.6. The van der Waals surface area contributed by atoms with Crippen molar-refractivity contribution in [2.75, 3.05) is 6.54 Å². The molecule has 3 rings (SSSR count). The number of sulfonamides is 1. The van der Waals surface area contributed by atoms with Gasteiger partial charge in [-0.1, -0.05) is 53.6 Å². The van der Waals surface area contributed by atoms with Crippen molar-refractivity contribution in [1.82, 2.24) is 20.5 Å². The Morgan fingerprint density at radius 3 is 2.38 bits per heavy atom. The van der Waals surface area contributed by atoms with Gasteiger partial charge in [-0.15, -0.1) is 4.83 Å². The zero-order valence-electron chi connectivity index (χ0n) is 23.0. The molecular weight excluding hydrogens is 556 g/mol. The highest BCUT2D eigenvalue weighted by molar-refractivity contribution is 7.88. The first-order valence-electron chi connectivity index (χ1n) is 12.8. The van der Waals surface area contributed by atoms with Crippen LogP contribution in [0.25, 0.3) is 0 Å². The number of rotatable bonds is 10. The fourth-order valence-electron chi connectivity index (χ4n) is 4.01. The van der Waals surface area contributed by atoms with Gasteiger partial charge in [0.1, 0.15) is 5.60 Å². The summed E-state index contributed by atoms with van der Waals surface area (Å²) >= 11 is 6.16. The molecule has 0 fully saturated rings. The third kappa shape index (κ3) is 9.65. The SMILES string of the molecule is CC1=C(CC(=O)NCc2cc(Cl)ccc2CNC(=O)OC(C)(C)C)C(=O)N(NS(=O)(=O)Cc2ccccc2)CC1. The molecule has 3 amide bonds. The van der Waals surface area contributed by atoms with Crippen LogP contribution in [0.1, 0.15) is 57.2 Å². The Kier molecular flexibility index (Phi) is 10.3. The quantitative estimate of drug-likeness (QED) is 0.384. The van der Waals surface area contributed by atoms with Crippen LogP contribution < -0.4 is 15.5 Å². The van der Waals surface area contributed by atoms with Crippen LogP contribution in [0.3, 0.4) is 0 Å². The minimum atomic E-state index is -3.83. The molecule has 10 nitrogen and oxygen atoms in total. The molecule has 1 aliphatic heterocycles. The summed E-state index contributed by atoms with van der Waals surface area (Å²) in [7, 11) is -3.83. The summed E-state index contributed by atoms with van der Waals surface area (Å²) in [6.45, 7) is 7.50. The van der Waals surface area contributed by atoms with E-state index in [-0.39, 0.29) is 37.4 Å². The average Bonchev–Trinajstić information content (AvgIpc) is 2.85. The number of halogens is 1. The minimum Gasteiger partial charge on any atom is -0.444 e. The van der Waals surface area contributed by atoms with E-state index in [0.717, 1.165) is 16.1 Å². The molecule has 1 heterocycles. The minimum absolute atomic E-state index is 0.110. The van der Waals surface area contributed by atoms with E-state index in [4.69, 9.17) is 16.3 Å². The first-order valence-corrected chi connectivity index (χ1v) is 14.8. The summed E-state index contributed by atoms with van der Waals surface area (Å²) in [5, 5.41) is 6.99. The van der Waals surface area contributed by atoms with E-state index in [1.807, 2.05) is 0 Å². The number of amides is 3. The van der Waals surface area contributed by atoms with E-state index in [9.17, 15) is 22.8 Å². The number of hydrogen-bond acceptors (Lipinski definition) is 6. The van der Waals surface area contributed by atoms with Gasteiger partial charge in [-0.25, -0.2) is 13.2 Å². The van der Waals surface area contributed by atoms with Crippen molar-refractivity contribution >= 4 is 39.5 Å². The van der Waals surface area contributed by atoms with E-state index in [1.165, 1.54) is 0 Å². The second kappa shape index (κ2) is 13.3. The van der Waals surface area contributed by atoms with Crippen molar-refractivity contribution in [3.8, 4) is 0 Å². The maximum Gasteiger partial charge on any atom is 0.407 e. The van der Waals surface area contributed by atoms with Gasteiger partial charge in [-0.2, -0.15) is 0 Å². The fourth-order valence-corrected chi connectivity index (χ4v) is 5.42. The summed E-state index contributed by atoms with van der Waals surface area (Å²) in [6.07, 6.45) is -0.357. The molecule has 0 spiro atoms. The van der Waals surface area contributed by atoms with Crippen molar-refractivity contribution in [2.24, 2.45) is 0 Å². The summed E-state index contributed by atoms with van der Waals surface area (Å²) in [6, 6.07) is 13.8. The van der Waals surface area contributed by atoms with Crippen LogP contribution in [0.15, 0.2) is 59.7 Å². The van der Waals surface area contributed by atoms with E-state index in [0.29, 0.717) is 22.6 Å². The molecule has 3 N–H and O–H groups in total. The maximum atomic E-state index is 13.1. The summed E-state index contributed by atoms with van der Waals surface area (Å²) in [4.78, 5) is 40.4. The van der Waals surface area contributed by atoms with Gasteiger partial charge in [0, 0.05) is 30.2 Å². The molecule has 0 saturated heterocycles. The lowest BCUT2D eigenvalue weighted by atomic mass is 9.98. The molecule has 2 aromatic carbocycles. The van der Waals surface area contributed by atoms with E-state index < -0.39 is 33.5 Å². The zero-order valence-corrected chi connectivity index (χ0v) is 24.6. The lowest BCUT2D eigenvalue weighted by Crippen LogP contribution is -2.50. The molecule has 0 saturated carbocycles. The number of ether oxygens (including phenoxy) is 1. The highest BCUT2D eigenvalue weighted by atomic mass is 35.5. The van der Waals surface area contributed by atoms with Gasteiger partial charge in [0.05, 0.1) is 12.2 Å². The molecule has 2 aromatic rings. The van der Waals surface area contributed by atoms with Crippen LogP contribution in [-0.4, -0.2) is 43.5 Å². The molecule has 0 atom stereocenters. The zero-order chi connectivity index (χ0) is 29.5. The first-order chi connectivity index (χ1) is 18.7. The van der Waals surface area contributed by atoms with Crippen LogP contribution in [0.5, 0.6) is 0 Å². The van der Waals surface area contributed by atoms with Gasteiger partial charge in [0.2, 0.25) is 15.9 Å². The van der Waals surface area contributed by atoms with E-state index in [1.54, 1.807) is 76.2 Å². The molecule has 216 valence electrons. The van der Waals surface area contributed by atoms with Crippen LogP contribution in [0, 0.1) is 0 Å². The number of benzene rings is 2. The standard InChI is InChI=1S/C28H35ClN4O6S/c1-19-12-13-33(32-40(37,38)18-20-8-6-5-7-9-20)26(35)24(19)15-25(34)30-17-22-14-23(29)11-10-21(22)16-31-27(36)39-28(2,3)4/h5-11,14,32H,12-13,15-18H2,1-4H3,(H,30,34)(H,31,36). The van der Waals surface area contributed by atoms with Gasteiger partial charge in [0.15, 0.2) is 0 Å². The van der Waals surface area contributed by atoms with Crippen molar-refractivity contribution in [2.45, 2.75) is 65.0 Å². The topological polar surface area (TPSA) is 134 Å². The molecule has 40 heavy (non-hydrogen) atoms. The molecule has 0 aromatic heterocycles. The van der Waals surface area contributed by atoms with Crippen LogP contribution in [0.2, 0.25) is 5.02 Å². The predicted octanol–water partition coefficient (Wildman–Crippen LogP) is 3.95. The summed E-state index contributed by atoms with van der Waals surface area (Å²) in [5.41, 5.74) is 2.34. The van der Waals surface area contributed by atoms with Crippen LogP contribution >= 0.6 is 11.6 Å². The van der Waals surface area contributed by atoms with E-state index in [2.05, 4.69) is 15.5 Å². The van der Waals surface area contributed by atoms with Gasteiger partial charge in [0.25, 0.3) is 5.91 Å². The second-order valence-corrected chi connectivity index (χ2v) is 12.7. The van der Waals surface area contributed by atoms with Crippen molar-refractivity contribution in [3.63, 3.8) is 0 Å². The molecule has 1 aliphatic rings. The highest BCUT2D eigenvalue weighted by Crippen LogP contribution is 2.22. The normalized spacial score (nSPS) is 14.2. The number of nitrogens with one attached hydrogen (secondary N) is 3. The first kappa shape index (κ1) is 31.1. The number of hydrogen-bond donors (Lipinski definition) is 3. The number of hydrazine groups is 1. The highest BCUT2D eigenvalue weighted by Gasteiger charge is 2.30. The Morgan fingerprint density at radius 1 is 1.02 bits per heavy atom. The number of alkyl carbamates (subject to hydrolysis) is 1. The maximum absolute atomic E-state index is 13.1. The predicted molar refractivity (Wildman–Crippen MR) is 152 cm³/mol. The molecule has 12 heteroatoms. The Hall–Kier alpha value is -3.41. The molecule has 0 aliphatic carbocycles. The van der Waals surface area contributed by atoms with Crippen molar-refractivity contribution in [1.29, 1.82) is 0 Å². The van der Waals surface area contributed by atoms with Crippen LogP contribution in [-0.2, 0) is 43.2 Å². The fraction of sp³-hybridized carbons (Fsp3) is 0.393. The Balaban J connectivity index is 1.60. The lowest BCUT2D eigenvalue weighted by molar-refractivity contribution is -0.131. The van der Waals surface area contributed by atoms with Crippen molar-refractivity contribution < 1.29 is 27.5 Å². The summed E-state index contributed by atoms with van der Waals surface area (Å²) in [5.74, 6) is -1.25. The third-order valence-corrected chi connectivity index (χ3v) is 7.43. The van der Waals surface area contributed by atoms with Gasteiger partial charge >= 0.3 is 6.09 Å². The molecular formula is C28H35ClN4O6S. The Bertz CT molecular complexity index is 1390. The largest absolute Gasteiger partial charge is 0.444 e. The number of nitrogens with zero attached hydrogens (tertiary/aromatic N) is 1. The molecule has 0 bridgehead atoms. The second-order valence-electron chi connectivity index (χ2n) is 10.5. The van der Waals surface area contributed by atoms with Gasteiger partial charge < -0.3 is 15.4 Å². The smallest absolute Gasteiger partial charge is 0.407 e. The number of carbonyl (C=O) groups is 3. The van der Waals surface area contributed by atoms with Gasteiger partial charge in [-0.05, 0) is 62.9 Å². The van der Waals surface area contributed by atoms with E-state index >= 15 is 0 Å². The Labute approximate surface area is 240 Å².